The van der Waals surface area contributed by atoms with E-state index in [4.69, 9.17) is 10.8 Å². The zero-order valence-electron chi connectivity index (χ0n) is 9.47. The summed E-state index contributed by atoms with van der Waals surface area (Å²) in [4.78, 5) is 13.0. The lowest BCUT2D eigenvalue weighted by molar-refractivity contribution is -0.139. The van der Waals surface area contributed by atoms with Crippen molar-refractivity contribution in [3.8, 4) is 0 Å². The number of benzene rings is 1. The van der Waals surface area contributed by atoms with Gasteiger partial charge in [-0.25, -0.2) is 0 Å². The van der Waals surface area contributed by atoms with Gasteiger partial charge in [-0.2, -0.15) is 0 Å². The highest BCUT2D eigenvalue weighted by Gasteiger charge is 2.34. The second kappa shape index (κ2) is 3.79. The van der Waals surface area contributed by atoms with Crippen LogP contribution in [0.3, 0.4) is 0 Å². The third-order valence-electron chi connectivity index (χ3n) is 3.18. The number of aryl methyl sites for hydroxylation is 1. The molecule has 2 atom stereocenters. The second-order valence-corrected chi connectivity index (χ2v) is 4.41. The van der Waals surface area contributed by atoms with Gasteiger partial charge in [0.2, 0.25) is 0 Å². The summed E-state index contributed by atoms with van der Waals surface area (Å²) >= 11 is 0. The minimum atomic E-state index is -0.937. The molecule has 0 radical (unpaired) electrons. The normalized spacial score (nSPS) is 20.7. The number of likely N-dealkylation sites (N-methyl/N-ethyl adjacent to an activating group) is 1. The van der Waals surface area contributed by atoms with Gasteiger partial charge in [-0.15, -0.1) is 0 Å². The van der Waals surface area contributed by atoms with E-state index in [1.165, 1.54) is 0 Å². The molecule has 1 aliphatic rings. The summed E-state index contributed by atoms with van der Waals surface area (Å²) in [5.41, 5.74) is 9.00. The topological polar surface area (TPSA) is 66.6 Å². The summed E-state index contributed by atoms with van der Waals surface area (Å²) in [5.74, 6) is -1.05. The van der Waals surface area contributed by atoms with E-state index in [9.17, 15) is 4.79 Å². The maximum atomic E-state index is 10.9. The predicted octanol–water partition coefficient (Wildman–Crippen LogP) is 0.940. The molecular formula is C12H16N2O2. The first kappa shape index (κ1) is 11.0. The van der Waals surface area contributed by atoms with Crippen molar-refractivity contribution in [2.24, 2.45) is 5.73 Å². The second-order valence-electron chi connectivity index (χ2n) is 4.41. The molecule has 2 rings (SSSR count). The van der Waals surface area contributed by atoms with Crippen molar-refractivity contribution in [2.45, 2.75) is 18.9 Å². The summed E-state index contributed by atoms with van der Waals surface area (Å²) in [5, 5.41) is 8.98. The molecular weight excluding hydrogens is 204 g/mol. The van der Waals surface area contributed by atoms with Crippen molar-refractivity contribution >= 4 is 11.7 Å². The molecule has 0 saturated heterocycles. The van der Waals surface area contributed by atoms with E-state index in [2.05, 4.69) is 4.90 Å². The van der Waals surface area contributed by atoms with Crippen LogP contribution in [0, 0.1) is 6.92 Å². The first-order valence-electron chi connectivity index (χ1n) is 5.31. The molecule has 0 saturated carbocycles. The van der Waals surface area contributed by atoms with Crippen LogP contribution in [-0.4, -0.2) is 30.7 Å². The lowest BCUT2D eigenvalue weighted by atomic mass is 9.93. The standard InChI is InChI=1S/C12H16N2O2/c1-7-3-4-10-8(5-7)9(6-14(10)2)11(13)12(15)16/h3-5,9,11H,6,13H2,1-2H3,(H,15,16). The molecule has 0 bridgehead atoms. The molecule has 4 nitrogen and oxygen atoms in total. The van der Waals surface area contributed by atoms with E-state index in [-0.39, 0.29) is 5.92 Å². The zero-order chi connectivity index (χ0) is 11.9. The number of aliphatic carboxylic acids is 1. The van der Waals surface area contributed by atoms with E-state index >= 15 is 0 Å². The van der Waals surface area contributed by atoms with Crippen molar-refractivity contribution in [3.05, 3.63) is 29.3 Å². The number of nitrogens with zero attached hydrogens (tertiary/aromatic N) is 1. The van der Waals surface area contributed by atoms with Crippen molar-refractivity contribution < 1.29 is 9.90 Å². The van der Waals surface area contributed by atoms with Crippen molar-refractivity contribution in [2.75, 3.05) is 18.5 Å². The summed E-state index contributed by atoms with van der Waals surface area (Å²) < 4.78 is 0. The van der Waals surface area contributed by atoms with Crippen molar-refractivity contribution in [1.29, 1.82) is 0 Å². The number of rotatable bonds is 2. The van der Waals surface area contributed by atoms with Crippen LogP contribution < -0.4 is 10.6 Å². The maximum Gasteiger partial charge on any atom is 0.321 e. The zero-order valence-corrected chi connectivity index (χ0v) is 9.47. The highest BCUT2D eigenvalue weighted by atomic mass is 16.4. The van der Waals surface area contributed by atoms with Crippen LogP contribution in [-0.2, 0) is 4.79 Å². The number of carboxylic acid groups (broad SMARTS) is 1. The molecule has 2 unspecified atom stereocenters. The highest BCUT2D eigenvalue weighted by Crippen LogP contribution is 2.37. The molecule has 0 amide bonds. The Bertz CT molecular complexity index is 431. The first-order chi connectivity index (χ1) is 7.50. The number of hydrogen-bond acceptors (Lipinski definition) is 3. The average molecular weight is 220 g/mol. The van der Waals surface area contributed by atoms with Crippen LogP contribution in [0.4, 0.5) is 5.69 Å². The van der Waals surface area contributed by atoms with E-state index in [1.54, 1.807) is 0 Å². The van der Waals surface area contributed by atoms with Gasteiger partial charge >= 0.3 is 5.97 Å². The van der Waals surface area contributed by atoms with Crippen LogP contribution in [0.15, 0.2) is 18.2 Å². The maximum absolute atomic E-state index is 10.9. The number of carboxylic acids is 1. The minimum absolute atomic E-state index is 0.114. The molecule has 16 heavy (non-hydrogen) atoms. The Labute approximate surface area is 94.7 Å². The third-order valence-corrected chi connectivity index (χ3v) is 3.18. The Morgan fingerprint density at radius 3 is 2.94 bits per heavy atom. The number of fused-ring (bicyclic) bond motifs is 1. The molecule has 0 aromatic heterocycles. The van der Waals surface area contributed by atoms with Gasteiger partial charge in [-0.1, -0.05) is 17.7 Å². The molecule has 4 heteroatoms. The highest BCUT2D eigenvalue weighted by molar-refractivity contribution is 5.77. The monoisotopic (exact) mass is 220 g/mol. The van der Waals surface area contributed by atoms with Crippen LogP contribution in [0.1, 0.15) is 17.0 Å². The van der Waals surface area contributed by atoms with Gasteiger partial charge in [-0.05, 0) is 18.6 Å². The molecule has 1 heterocycles. The van der Waals surface area contributed by atoms with E-state index in [0.29, 0.717) is 6.54 Å². The van der Waals surface area contributed by atoms with E-state index in [0.717, 1.165) is 16.8 Å². The molecule has 1 aromatic carbocycles. The van der Waals surface area contributed by atoms with Crippen LogP contribution in [0.5, 0.6) is 0 Å². The lowest BCUT2D eigenvalue weighted by Gasteiger charge is -2.16. The van der Waals surface area contributed by atoms with Gasteiger partial charge in [0.05, 0.1) is 0 Å². The number of carbonyl (C=O) groups is 1. The molecule has 0 spiro atoms. The largest absolute Gasteiger partial charge is 0.480 e. The number of nitrogens with two attached hydrogens (primary N) is 1. The van der Waals surface area contributed by atoms with Crippen LogP contribution >= 0.6 is 0 Å². The first-order valence-corrected chi connectivity index (χ1v) is 5.31. The fourth-order valence-corrected chi connectivity index (χ4v) is 2.29. The number of hydrogen-bond donors (Lipinski definition) is 2. The summed E-state index contributed by atoms with van der Waals surface area (Å²) in [6, 6.07) is 5.26. The molecule has 3 N–H and O–H groups in total. The van der Waals surface area contributed by atoms with E-state index < -0.39 is 12.0 Å². The van der Waals surface area contributed by atoms with Gasteiger partial charge in [0, 0.05) is 25.2 Å². The fraction of sp³-hybridized carbons (Fsp3) is 0.417. The molecule has 1 aliphatic heterocycles. The summed E-state index contributed by atoms with van der Waals surface area (Å²) in [6.45, 7) is 2.67. The Morgan fingerprint density at radius 1 is 1.62 bits per heavy atom. The van der Waals surface area contributed by atoms with Crippen LogP contribution in [0.25, 0.3) is 0 Å². The lowest BCUT2D eigenvalue weighted by Crippen LogP contribution is -2.38. The average Bonchev–Trinajstić information content (AvgIpc) is 2.54. The van der Waals surface area contributed by atoms with Gasteiger partial charge < -0.3 is 15.7 Å². The fourth-order valence-electron chi connectivity index (χ4n) is 2.29. The molecule has 0 aliphatic carbocycles. The predicted molar refractivity (Wildman–Crippen MR) is 62.8 cm³/mol. The van der Waals surface area contributed by atoms with Crippen LogP contribution in [0.2, 0.25) is 0 Å². The van der Waals surface area contributed by atoms with Gasteiger partial charge in [0.1, 0.15) is 6.04 Å². The van der Waals surface area contributed by atoms with Crippen molar-refractivity contribution in [3.63, 3.8) is 0 Å². The Kier molecular flexibility index (Phi) is 2.59. The molecule has 0 fully saturated rings. The Morgan fingerprint density at radius 2 is 2.31 bits per heavy atom. The Hall–Kier alpha value is -1.55. The summed E-state index contributed by atoms with van der Waals surface area (Å²) in [6.07, 6.45) is 0. The molecule has 86 valence electrons. The smallest absolute Gasteiger partial charge is 0.321 e. The van der Waals surface area contributed by atoms with E-state index in [1.807, 2.05) is 32.2 Å². The number of anilines is 1. The Balaban J connectivity index is 2.41. The van der Waals surface area contributed by atoms with Crippen molar-refractivity contribution in [1.82, 2.24) is 0 Å². The SMILES string of the molecule is Cc1ccc2c(c1)C(C(N)C(=O)O)CN2C. The quantitative estimate of drug-likeness (QED) is 0.778. The summed E-state index contributed by atoms with van der Waals surface area (Å²) in [7, 11) is 1.96. The van der Waals surface area contributed by atoms with Gasteiger partial charge in [-0.3, -0.25) is 4.79 Å². The van der Waals surface area contributed by atoms with Gasteiger partial charge in [0.15, 0.2) is 0 Å². The third kappa shape index (κ3) is 1.65. The minimum Gasteiger partial charge on any atom is -0.480 e. The van der Waals surface area contributed by atoms with Gasteiger partial charge in [0.25, 0.3) is 0 Å². The molecule has 1 aromatic rings.